The average molecular weight is 251 g/mol. The average Bonchev–Trinajstić information content (AvgIpc) is 2.92. The van der Waals surface area contributed by atoms with Crippen LogP contribution in [0.1, 0.15) is 32.1 Å². The molecule has 1 saturated carbocycles. The molecule has 18 heavy (non-hydrogen) atoms. The molecule has 0 bridgehead atoms. The SMILES string of the molecule is NCC1(C(=O)NCCn2ccnn2)CCCCC1. The molecule has 1 aliphatic rings. The lowest BCUT2D eigenvalue weighted by atomic mass is 9.73. The second-order valence-electron chi connectivity index (χ2n) is 4.97. The summed E-state index contributed by atoms with van der Waals surface area (Å²) in [5.41, 5.74) is 5.48. The van der Waals surface area contributed by atoms with E-state index in [-0.39, 0.29) is 11.3 Å². The lowest BCUT2D eigenvalue weighted by molar-refractivity contribution is -0.132. The number of nitrogens with one attached hydrogen (secondary N) is 1. The molecule has 1 aromatic rings. The molecule has 2 rings (SSSR count). The van der Waals surface area contributed by atoms with E-state index in [1.165, 1.54) is 6.42 Å². The summed E-state index contributed by atoms with van der Waals surface area (Å²) in [5, 5.41) is 10.5. The van der Waals surface area contributed by atoms with Gasteiger partial charge in [-0.15, -0.1) is 5.10 Å². The smallest absolute Gasteiger partial charge is 0.227 e. The first-order valence-corrected chi connectivity index (χ1v) is 6.59. The van der Waals surface area contributed by atoms with Gasteiger partial charge in [0.2, 0.25) is 5.91 Å². The predicted molar refractivity (Wildman–Crippen MR) is 67.6 cm³/mol. The minimum absolute atomic E-state index is 0.102. The molecule has 6 nitrogen and oxygen atoms in total. The third-order valence-corrected chi connectivity index (χ3v) is 3.78. The molecule has 0 unspecified atom stereocenters. The molecule has 100 valence electrons. The molecule has 1 fully saturated rings. The largest absolute Gasteiger partial charge is 0.354 e. The van der Waals surface area contributed by atoms with Gasteiger partial charge >= 0.3 is 0 Å². The van der Waals surface area contributed by atoms with Gasteiger partial charge in [0.15, 0.2) is 0 Å². The van der Waals surface area contributed by atoms with Crippen molar-refractivity contribution in [1.82, 2.24) is 20.3 Å². The minimum atomic E-state index is -0.333. The van der Waals surface area contributed by atoms with E-state index in [0.29, 0.717) is 19.6 Å². The highest BCUT2D eigenvalue weighted by molar-refractivity contribution is 5.82. The number of aromatic nitrogens is 3. The Bertz CT molecular complexity index is 370. The van der Waals surface area contributed by atoms with Gasteiger partial charge in [0.05, 0.1) is 18.2 Å². The summed E-state index contributed by atoms with van der Waals surface area (Å²) < 4.78 is 1.70. The van der Waals surface area contributed by atoms with Crippen LogP contribution < -0.4 is 11.1 Å². The number of rotatable bonds is 5. The van der Waals surface area contributed by atoms with Crippen molar-refractivity contribution in [3.05, 3.63) is 12.4 Å². The van der Waals surface area contributed by atoms with Gasteiger partial charge < -0.3 is 11.1 Å². The lowest BCUT2D eigenvalue weighted by Gasteiger charge is -2.34. The molecular weight excluding hydrogens is 230 g/mol. The van der Waals surface area contributed by atoms with E-state index in [1.807, 2.05) is 0 Å². The maximum absolute atomic E-state index is 12.2. The maximum Gasteiger partial charge on any atom is 0.227 e. The number of nitrogens with zero attached hydrogens (tertiary/aromatic N) is 3. The monoisotopic (exact) mass is 251 g/mol. The van der Waals surface area contributed by atoms with Crippen LogP contribution in [-0.2, 0) is 11.3 Å². The molecular formula is C12H21N5O. The van der Waals surface area contributed by atoms with Gasteiger partial charge in [0.1, 0.15) is 0 Å². The first kappa shape index (κ1) is 13.0. The van der Waals surface area contributed by atoms with Gasteiger partial charge in [-0.25, -0.2) is 0 Å². The summed E-state index contributed by atoms with van der Waals surface area (Å²) in [6, 6.07) is 0. The quantitative estimate of drug-likeness (QED) is 0.788. The first-order valence-electron chi connectivity index (χ1n) is 6.59. The molecule has 1 aliphatic carbocycles. The Kier molecular flexibility index (Phi) is 4.30. The van der Waals surface area contributed by atoms with Crippen molar-refractivity contribution >= 4 is 5.91 Å². The van der Waals surface area contributed by atoms with Crippen LogP contribution in [0.2, 0.25) is 0 Å². The van der Waals surface area contributed by atoms with Crippen LogP contribution in [-0.4, -0.2) is 34.0 Å². The van der Waals surface area contributed by atoms with Crippen LogP contribution in [0.4, 0.5) is 0 Å². The van der Waals surface area contributed by atoms with Gasteiger partial charge in [0, 0.05) is 19.3 Å². The molecule has 3 N–H and O–H groups in total. The van der Waals surface area contributed by atoms with Crippen LogP contribution in [0.25, 0.3) is 0 Å². The van der Waals surface area contributed by atoms with Crippen molar-refractivity contribution in [3.8, 4) is 0 Å². The van der Waals surface area contributed by atoms with Crippen molar-refractivity contribution < 1.29 is 4.79 Å². The van der Waals surface area contributed by atoms with Crippen LogP contribution in [0.3, 0.4) is 0 Å². The third-order valence-electron chi connectivity index (χ3n) is 3.78. The Morgan fingerprint density at radius 2 is 2.17 bits per heavy atom. The molecule has 0 aromatic carbocycles. The Labute approximate surface area is 107 Å². The highest BCUT2D eigenvalue weighted by atomic mass is 16.2. The topological polar surface area (TPSA) is 85.8 Å². The Hall–Kier alpha value is -1.43. The van der Waals surface area contributed by atoms with E-state index >= 15 is 0 Å². The number of carbonyl (C=O) groups is 1. The minimum Gasteiger partial charge on any atom is -0.354 e. The van der Waals surface area contributed by atoms with Crippen molar-refractivity contribution in [2.24, 2.45) is 11.1 Å². The maximum atomic E-state index is 12.2. The summed E-state index contributed by atoms with van der Waals surface area (Å²) in [7, 11) is 0. The van der Waals surface area contributed by atoms with Gasteiger partial charge in [-0.1, -0.05) is 24.5 Å². The van der Waals surface area contributed by atoms with E-state index < -0.39 is 0 Å². The Morgan fingerprint density at radius 3 is 2.78 bits per heavy atom. The first-order chi connectivity index (χ1) is 8.77. The summed E-state index contributed by atoms with van der Waals surface area (Å²) in [6.07, 6.45) is 8.67. The standard InChI is InChI=1S/C12H21N5O/c13-10-12(4-2-1-3-5-12)11(18)14-6-8-17-9-7-15-16-17/h7,9H,1-6,8,10,13H2,(H,14,18). The molecule has 0 spiro atoms. The predicted octanol–water partition coefficient (Wildman–Crippen LogP) is 0.303. The van der Waals surface area contributed by atoms with Crippen molar-refractivity contribution in [3.63, 3.8) is 0 Å². The lowest BCUT2D eigenvalue weighted by Crippen LogP contribution is -2.47. The molecule has 6 heteroatoms. The van der Waals surface area contributed by atoms with Gasteiger partial charge in [-0.2, -0.15) is 0 Å². The fourth-order valence-corrected chi connectivity index (χ4v) is 2.58. The van der Waals surface area contributed by atoms with Crippen molar-refractivity contribution in [2.45, 2.75) is 38.6 Å². The molecule has 0 aliphatic heterocycles. The molecule has 1 heterocycles. The van der Waals surface area contributed by atoms with E-state index in [4.69, 9.17) is 5.73 Å². The van der Waals surface area contributed by atoms with E-state index in [2.05, 4.69) is 15.6 Å². The van der Waals surface area contributed by atoms with Crippen LogP contribution in [0.15, 0.2) is 12.4 Å². The fraction of sp³-hybridized carbons (Fsp3) is 0.750. The number of amides is 1. The highest BCUT2D eigenvalue weighted by Gasteiger charge is 2.37. The molecule has 0 atom stereocenters. The second-order valence-corrected chi connectivity index (χ2v) is 4.97. The van der Waals surface area contributed by atoms with Crippen LogP contribution in [0.5, 0.6) is 0 Å². The van der Waals surface area contributed by atoms with Crippen molar-refractivity contribution in [1.29, 1.82) is 0 Å². The molecule has 0 radical (unpaired) electrons. The third kappa shape index (κ3) is 2.87. The van der Waals surface area contributed by atoms with E-state index in [9.17, 15) is 4.79 Å². The summed E-state index contributed by atoms with van der Waals surface area (Å²) >= 11 is 0. The van der Waals surface area contributed by atoms with Crippen molar-refractivity contribution in [2.75, 3.05) is 13.1 Å². The van der Waals surface area contributed by atoms with Gasteiger partial charge in [-0.3, -0.25) is 9.48 Å². The highest BCUT2D eigenvalue weighted by Crippen LogP contribution is 2.35. The Balaban J connectivity index is 1.82. The van der Waals surface area contributed by atoms with Gasteiger partial charge in [0.25, 0.3) is 0 Å². The Morgan fingerprint density at radius 1 is 1.39 bits per heavy atom. The molecule has 1 amide bonds. The number of hydrogen-bond acceptors (Lipinski definition) is 4. The summed E-state index contributed by atoms with van der Waals surface area (Å²) in [4.78, 5) is 12.2. The van der Waals surface area contributed by atoms with Crippen LogP contribution in [0, 0.1) is 5.41 Å². The fourth-order valence-electron chi connectivity index (χ4n) is 2.58. The normalized spacial score (nSPS) is 18.5. The van der Waals surface area contributed by atoms with Gasteiger partial charge in [-0.05, 0) is 12.8 Å². The van der Waals surface area contributed by atoms with Crippen LogP contribution >= 0.6 is 0 Å². The summed E-state index contributed by atoms with van der Waals surface area (Å²) in [5.74, 6) is 0.102. The number of nitrogens with two attached hydrogens (primary N) is 1. The summed E-state index contributed by atoms with van der Waals surface area (Å²) in [6.45, 7) is 1.67. The zero-order valence-corrected chi connectivity index (χ0v) is 10.6. The molecule has 1 aromatic heterocycles. The second kappa shape index (κ2) is 5.95. The zero-order valence-electron chi connectivity index (χ0n) is 10.6. The zero-order chi connectivity index (χ0) is 12.8. The molecule has 0 saturated heterocycles. The number of carbonyl (C=O) groups excluding carboxylic acids is 1. The number of hydrogen-bond donors (Lipinski definition) is 2. The van der Waals surface area contributed by atoms with E-state index in [0.717, 1.165) is 25.7 Å². The van der Waals surface area contributed by atoms with E-state index in [1.54, 1.807) is 17.1 Å².